The average molecular weight is 490 g/mol. The van der Waals surface area contributed by atoms with Gasteiger partial charge in [-0.05, 0) is 61.7 Å². The van der Waals surface area contributed by atoms with Crippen LogP contribution in [0.5, 0.6) is 0 Å². The second-order valence-electron chi connectivity index (χ2n) is 8.78. The number of halogens is 1. The summed E-state index contributed by atoms with van der Waals surface area (Å²) in [7, 11) is -3.73. The number of carbonyl (C=O) groups excluding carboxylic acids is 1. The number of nitrogens with zero attached hydrogens (tertiary/aromatic N) is 3. The van der Waals surface area contributed by atoms with Crippen molar-refractivity contribution in [3.8, 4) is 0 Å². The first-order chi connectivity index (χ1) is 16.4. The van der Waals surface area contributed by atoms with Crippen molar-refractivity contribution in [2.24, 2.45) is 0 Å². The lowest BCUT2D eigenvalue weighted by molar-refractivity contribution is 0.00210. The van der Waals surface area contributed by atoms with Crippen LogP contribution < -0.4 is 4.90 Å². The zero-order valence-electron chi connectivity index (χ0n) is 19.5. The Morgan fingerprint density at radius 2 is 1.79 bits per heavy atom. The number of anilines is 1. The monoisotopic (exact) mass is 489 g/mol. The second kappa shape index (κ2) is 10.8. The molecule has 2 heterocycles. The summed E-state index contributed by atoms with van der Waals surface area (Å²) in [5.74, 6) is -0.462. The highest BCUT2D eigenvalue weighted by atomic mass is 32.2. The fourth-order valence-electron chi connectivity index (χ4n) is 4.50. The largest absolute Gasteiger partial charge is 0.376 e. The third-order valence-corrected chi connectivity index (χ3v) is 8.27. The highest BCUT2D eigenvalue weighted by Gasteiger charge is 2.30. The molecule has 9 heteroatoms. The van der Waals surface area contributed by atoms with Gasteiger partial charge in [-0.15, -0.1) is 0 Å². The van der Waals surface area contributed by atoms with Crippen molar-refractivity contribution in [2.45, 2.75) is 37.2 Å². The van der Waals surface area contributed by atoms with Crippen LogP contribution in [-0.2, 0) is 14.8 Å². The Morgan fingerprint density at radius 3 is 2.50 bits per heavy atom. The molecule has 0 saturated carbocycles. The molecular weight excluding hydrogens is 457 g/mol. The molecule has 1 atom stereocenters. The number of ether oxygens (including phenoxy) is 1. The summed E-state index contributed by atoms with van der Waals surface area (Å²) < 4.78 is 47.1. The van der Waals surface area contributed by atoms with Gasteiger partial charge >= 0.3 is 0 Å². The fourth-order valence-corrected chi connectivity index (χ4v) is 5.97. The van der Waals surface area contributed by atoms with Gasteiger partial charge in [0.25, 0.3) is 5.91 Å². The molecule has 0 bridgehead atoms. The Balaban J connectivity index is 1.42. The van der Waals surface area contributed by atoms with Gasteiger partial charge in [-0.1, -0.05) is 13.0 Å². The molecule has 1 unspecified atom stereocenters. The molecule has 2 aromatic carbocycles. The van der Waals surface area contributed by atoms with Crippen molar-refractivity contribution in [2.75, 3.05) is 50.8 Å². The predicted molar refractivity (Wildman–Crippen MR) is 129 cm³/mol. The van der Waals surface area contributed by atoms with E-state index in [1.807, 2.05) is 4.90 Å². The van der Waals surface area contributed by atoms with Crippen LogP contribution in [0.25, 0.3) is 0 Å². The molecule has 2 fully saturated rings. The van der Waals surface area contributed by atoms with E-state index in [-0.39, 0.29) is 22.7 Å². The van der Waals surface area contributed by atoms with Crippen LogP contribution in [0.1, 0.15) is 36.5 Å². The van der Waals surface area contributed by atoms with Crippen LogP contribution in [0.15, 0.2) is 53.4 Å². The molecule has 0 N–H and O–H groups in total. The zero-order valence-corrected chi connectivity index (χ0v) is 20.3. The average Bonchev–Trinajstić information content (AvgIpc) is 2.88. The number of amides is 1. The number of rotatable bonds is 7. The van der Waals surface area contributed by atoms with Crippen molar-refractivity contribution in [3.63, 3.8) is 0 Å². The van der Waals surface area contributed by atoms with Crippen LogP contribution >= 0.6 is 0 Å². The molecule has 2 aromatic rings. The highest BCUT2D eigenvalue weighted by molar-refractivity contribution is 7.89. The molecule has 34 heavy (non-hydrogen) atoms. The van der Waals surface area contributed by atoms with Crippen LogP contribution in [0.4, 0.5) is 10.1 Å². The number of sulfonamides is 1. The van der Waals surface area contributed by atoms with E-state index in [1.165, 1.54) is 22.5 Å². The van der Waals surface area contributed by atoms with Crippen molar-refractivity contribution >= 4 is 21.6 Å². The maximum Gasteiger partial charge on any atom is 0.253 e. The van der Waals surface area contributed by atoms with Gasteiger partial charge in [-0.25, -0.2) is 12.8 Å². The molecule has 1 amide bonds. The Bertz CT molecular complexity index is 1090. The molecule has 0 spiro atoms. The van der Waals surface area contributed by atoms with E-state index < -0.39 is 10.0 Å². The van der Waals surface area contributed by atoms with E-state index in [9.17, 15) is 17.6 Å². The molecule has 184 valence electrons. The quantitative estimate of drug-likeness (QED) is 0.597. The van der Waals surface area contributed by atoms with Gasteiger partial charge in [-0.3, -0.25) is 4.79 Å². The molecule has 4 rings (SSSR count). The standard InChI is InChI=1S/C25H32FN3O4S/c1-2-17-33-23-6-4-12-28(19-23)25(30)20-5-3-7-24(18-20)34(31,32)29-15-13-27(14-16-29)22-10-8-21(26)9-11-22/h3,5,7-11,18,23H,2,4,6,12-17,19H2,1H3. The topological polar surface area (TPSA) is 70.2 Å². The van der Waals surface area contributed by atoms with E-state index in [0.29, 0.717) is 51.4 Å². The number of piperazine rings is 1. The Kier molecular flexibility index (Phi) is 7.85. The third-order valence-electron chi connectivity index (χ3n) is 6.37. The SMILES string of the molecule is CCCOC1CCCN(C(=O)c2cccc(S(=O)(=O)N3CCN(c4ccc(F)cc4)CC3)c2)C1. The van der Waals surface area contributed by atoms with Gasteiger partial charge in [0.2, 0.25) is 10.0 Å². The normalized spacial score (nSPS) is 19.9. The molecular formula is C25H32FN3O4S. The van der Waals surface area contributed by atoms with Gasteiger partial charge in [0.05, 0.1) is 11.0 Å². The third kappa shape index (κ3) is 5.59. The van der Waals surface area contributed by atoms with E-state index in [2.05, 4.69) is 6.92 Å². The van der Waals surface area contributed by atoms with Crippen molar-refractivity contribution in [3.05, 3.63) is 59.9 Å². The Labute approximate surface area is 201 Å². The fraction of sp³-hybridized carbons (Fsp3) is 0.480. The Morgan fingerprint density at radius 1 is 1.06 bits per heavy atom. The van der Waals surface area contributed by atoms with Crippen LogP contribution in [0.3, 0.4) is 0 Å². The molecule has 0 aliphatic carbocycles. The van der Waals surface area contributed by atoms with Gasteiger partial charge in [0, 0.05) is 57.1 Å². The lowest BCUT2D eigenvalue weighted by atomic mass is 10.1. The summed E-state index contributed by atoms with van der Waals surface area (Å²) in [5.41, 5.74) is 1.25. The summed E-state index contributed by atoms with van der Waals surface area (Å²) in [6.45, 7) is 5.57. The second-order valence-corrected chi connectivity index (χ2v) is 10.7. The van der Waals surface area contributed by atoms with E-state index in [0.717, 1.165) is 24.9 Å². The van der Waals surface area contributed by atoms with Crippen molar-refractivity contribution in [1.29, 1.82) is 0 Å². The van der Waals surface area contributed by atoms with Gasteiger partial charge in [-0.2, -0.15) is 4.31 Å². The summed E-state index contributed by atoms with van der Waals surface area (Å²) >= 11 is 0. The summed E-state index contributed by atoms with van der Waals surface area (Å²) in [4.78, 5) is 17.1. The number of carbonyl (C=O) groups is 1. The van der Waals surface area contributed by atoms with E-state index in [4.69, 9.17) is 4.74 Å². The number of benzene rings is 2. The summed E-state index contributed by atoms with van der Waals surface area (Å²) in [5, 5.41) is 0. The van der Waals surface area contributed by atoms with E-state index >= 15 is 0 Å². The molecule has 2 saturated heterocycles. The predicted octanol–water partition coefficient (Wildman–Crippen LogP) is 3.37. The maximum absolute atomic E-state index is 13.3. The van der Waals surface area contributed by atoms with Gasteiger partial charge < -0.3 is 14.5 Å². The van der Waals surface area contributed by atoms with Crippen LogP contribution in [-0.4, -0.2) is 75.5 Å². The minimum Gasteiger partial charge on any atom is -0.376 e. The Hall–Kier alpha value is -2.49. The van der Waals surface area contributed by atoms with Gasteiger partial charge in [0.1, 0.15) is 5.82 Å². The zero-order chi connectivity index (χ0) is 24.1. The number of likely N-dealkylation sites (tertiary alicyclic amines) is 1. The van der Waals surface area contributed by atoms with Crippen molar-refractivity contribution < 1.29 is 22.3 Å². The lowest BCUT2D eigenvalue weighted by Gasteiger charge is -2.35. The van der Waals surface area contributed by atoms with Crippen molar-refractivity contribution in [1.82, 2.24) is 9.21 Å². The van der Waals surface area contributed by atoms with Crippen LogP contribution in [0, 0.1) is 5.82 Å². The molecule has 7 nitrogen and oxygen atoms in total. The minimum absolute atomic E-state index is 0.0296. The molecule has 0 aromatic heterocycles. The first-order valence-electron chi connectivity index (χ1n) is 11.9. The molecule has 0 radical (unpaired) electrons. The lowest BCUT2D eigenvalue weighted by Crippen LogP contribution is -2.48. The minimum atomic E-state index is -3.73. The first kappa shape index (κ1) is 24.6. The van der Waals surface area contributed by atoms with Gasteiger partial charge in [0.15, 0.2) is 0 Å². The highest BCUT2D eigenvalue weighted by Crippen LogP contribution is 2.23. The van der Waals surface area contributed by atoms with Crippen LogP contribution in [0.2, 0.25) is 0 Å². The van der Waals surface area contributed by atoms with E-state index in [1.54, 1.807) is 35.2 Å². The summed E-state index contributed by atoms with van der Waals surface area (Å²) in [6.07, 6.45) is 2.77. The maximum atomic E-state index is 13.3. The molecule has 2 aliphatic heterocycles. The number of hydrogen-bond donors (Lipinski definition) is 0. The number of hydrogen-bond acceptors (Lipinski definition) is 5. The first-order valence-corrected chi connectivity index (χ1v) is 13.3. The number of piperidine rings is 1. The molecule has 2 aliphatic rings. The summed E-state index contributed by atoms with van der Waals surface area (Å²) in [6, 6.07) is 12.5. The smallest absolute Gasteiger partial charge is 0.253 e.